The van der Waals surface area contributed by atoms with Gasteiger partial charge in [-0.15, -0.1) is 0 Å². The highest BCUT2D eigenvalue weighted by atomic mass is 16.5. The average molecular weight is 449 g/mol. The second-order valence-electron chi connectivity index (χ2n) is 10.7. The molecule has 2 heterocycles. The Bertz CT molecular complexity index is 986. The number of para-hydroxylation sites is 1. The Morgan fingerprint density at radius 2 is 1.48 bits per heavy atom. The maximum atomic E-state index is 13.6. The number of carbonyl (C=O) groups is 2. The van der Waals surface area contributed by atoms with E-state index in [1.165, 1.54) is 19.3 Å². The molecular weight excluding hydrogens is 416 g/mol. The van der Waals surface area contributed by atoms with Gasteiger partial charge in [-0.2, -0.15) is 0 Å². The molecule has 4 bridgehead atoms. The summed E-state index contributed by atoms with van der Waals surface area (Å²) in [5, 5.41) is 0. The molecule has 5 fully saturated rings. The molecule has 1 aromatic carbocycles. The van der Waals surface area contributed by atoms with Crippen molar-refractivity contribution >= 4 is 11.8 Å². The van der Waals surface area contributed by atoms with Crippen molar-refractivity contribution in [2.75, 3.05) is 26.2 Å². The van der Waals surface area contributed by atoms with Crippen molar-refractivity contribution < 1.29 is 18.7 Å². The molecule has 4 saturated carbocycles. The van der Waals surface area contributed by atoms with Gasteiger partial charge >= 0.3 is 0 Å². The van der Waals surface area contributed by atoms with E-state index >= 15 is 0 Å². The number of furan rings is 1. The highest BCUT2D eigenvalue weighted by molar-refractivity contribution is 5.93. The van der Waals surface area contributed by atoms with E-state index in [2.05, 4.69) is 0 Å². The third-order valence-electron chi connectivity index (χ3n) is 8.42. The predicted molar refractivity (Wildman–Crippen MR) is 123 cm³/mol. The van der Waals surface area contributed by atoms with Crippen LogP contribution in [0.25, 0.3) is 0 Å². The van der Waals surface area contributed by atoms with E-state index in [1.54, 1.807) is 12.3 Å². The van der Waals surface area contributed by atoms with Crippen molar-refractivity contribution in [3.63, 3.8) is 0 Å². The highest BCUT2D eigenvalue weighted by Crippen LogP contribution is 2.60. The van der Waals surface area contributed by atoms with E-state index in [0.29, 0.717) is 37.8 Å². The maximum absolute atomic E-state index is 13.6. The molecule has 0 atom stereocenters. The van der Waals surface area contributed by atoms with Crippen molar-refractivity contribution in [1.82, 2.24) is 9.80 Å². The largest absolute Gasteiger partial charge is 0.489 e. The van der Waals surface area contributed by atoms with Crippen LogP contribution in [0, 0.1) is 23.2 Å². The molecule has 33 heavy (non-hydrogen) atoms. The number of hydrogen-bond acceptors (Lipinski definition) is 4. The highest BCUT2D eigenvalue weighted by Gasteiger charge is 2.55. The SMILES string of the molecule is O=C(c1occc1COc1ccccc1)N1CCN(C(=O)C23CC4CC(CC(C4)C2)C3)CC1. The number of benzene rings is 1. The van der Waals surface area contributed by atoms with Crippen molar-refractivity contribution in [1.29, 1.82) is 0 Å². The molecule has 174 valence electrons. The smallest absolute Gasteiger partial charge is 0.290 e. The lowest BCUT2D eigenvalue weighted by molar-refractivity contribution is -0.159. The lowest BCUT2D eigenvalue weighted by Crippen LogP contribution is -2.58. The summed E-state index contributed by atoms with van der Waals surface area (Å²) >= 11 is 0. The lowest BCUT2D eigenvalue weighted by atomic mass is 9.49. The van der Waals surface area contributed by atoms with Gasteiger partial charge in [-0.25, -0.2) is 0 Å². The Balaban J connectivity index is 1.07. The van der Waals surface area contributed by atoms with E-state index in [-0.39, 0.29) is 17.9 Å². The van der Waals surface area contributed by atoms with E-state index in [9.17, 15) is 9.59 Å². The minimum absolute atomic E-state index is 0.107. The van der Waals surface area contributed by atoms with Gasteiger partial charge in [0.25, 0.3) is 5.91 Å². The van der Waals surface area contributed by atoms with Crippen molar-refractivity contribution in [3.05, 3.63) is 54.0 Å². The Morgan fingerprint density at radius 3 is 2.12 bits per heavy atom. The summed E-state index contributed by atoms with van der Waals surface area (Å²) in [6.45, 7) is 2.62. The van der Waals surface area contributed by atoms with E-state index in [0.717, 1.165) is 48.3 Å². The second kappa shape index (κ2) is 8.23. The van der Waals surface area contributed by atoms with Crippen LogP contribution >= 0.6 is 0 Å². The molecule has 0 radical (unpaired) electrons. The second-order valence-corrected chi connectivity index (χ2v) is 10.7. The molecule has 0 spiro atoms. The normalized spacial score (nSPS) is 30.5. The van der Waals surface area contributed by atoms with Gasteiger partial charge in [0, 0.05) is 31.7 Å². The lowest BCUT2D eigenvalue weighted by Gasteiger charge is -2.57. The molecule has 6 nitrogen and oxygen atoms in total. The van der Waals surface area contributed by atoms with Gasteiger partial charge < -0.3 is 19.0 Å². The van der Waals surface area contributed by atoms with E-state index < -0.39 is 0 Å². The molecule has 6 heteroatoms. The first-order chi connectivity index (χ1) is 16.1. The van der Waals surface area contributed by atoms with Gasteiger partial charge in [-0.05, 0) is 74.5 Å². The molecule has 7 rings (SSSR count). The van der Waals surface area contributed by atoms with Crippen LogP contribution < -0.4 is 4.74 Å². The zero-order chi connectivity index (χ0) is 22.4. The van der Waals surface area contributed by atoms with Gasteiger partial charge in [-0.1, -0.05) is 18.2 Å². The average Bonchev–Trinajstić information content (AvgIpc) is 3.30. The summed E-state index contributed by atoms with van der Waals surface area (Å²) in [7, 11) is 0. The fourth-order valence-corrected chi connectivity index (χ4v) is 7.28. The molecule has 2 aromatic rings. The van der Waals surface area contributed by atoms with Gasteiger partial charge in [0.05, 0.1) is 11.7 Å². The molecule has 4 aliphatic carbocycles. The first-order valence-electron chi connectivity index (χ1n) is 12.4. The number of amides is 2. The fourth-order valence-electron chi connectivity index (χ4n) is 7.28. The summed E-state index contributed by atoms with van der Waals surface area (Å²) in [5.74, 6) is 3.63. The topological polar surface area (TPSA) is 63.0 Å². The van der Waals surface area contributed by atoms with Gasteiger partial charge in [0.2, 0.25) is 5.91 Å². The van der Waals surface area contributed by atoms with Crippen LogP contribution in [-0.2, 0) is 11.4 Å². The number of nitrogens with zero attached hydrogens (tertiary/aromatic N) is 2. The quantitative estimate of drug-likeness (QED) is 0.682. The molecular formula is C27H32N2O4. The number of ether oxygens (including phenoxy) is 1. The van der Waals surface area contributed by atoms with Crippen molar-refractivity contribution in [2.24, 2.45) is 23.2 Å². The molecule has 0 N–H and O–H groups in total. The van der Waals surface area contributed by atoms with Crippen LogP contribution in [0.4, 0.5) is 0 Å². The van der Waals surface area contributed by atoms with Crippen LogP contribution in [0.1, 0.15) is 54.6 Å². The molecule has 1 aliphatic heterocycles. The van der Waals surface area contributed by atoms with Gasteiger partial charge in [0.1, 0.15) is 12.4 Å². The van der Waals surface area contributed by atoms with E-state index in [1.807, 2.05) is 40.1 Å². The van der Waals surface area contributed by atoms with Gasteiger partial charge in [-0.3, -0.25) is 9.59 Å². The molecule has 1 saturated heterocycles. The number of rotatable bonds is 5. The Morgan fingerprint density at radius 1 is 0.879 bits per heavy atom. The predicted octanol–water partition coefficient (Wildman–Crippen LogP) is 4.36. The molecule has 2 amide bonds. The summed E-state index contributed by atoms with van der Waals surface area (Å²) < 4.78 is 11.4. The minimum atomic E-state index is -0.117. The first-order valence-corrected chi connectivity index (χ1v) is 12.4. The van der Waals surface area contributed by atoms with Gasteiger partial charge in [0.15, 0.2) is 5.76 Å². The zero-order valence-corrected chi connectivity index (χ0v) is 19.1. The standard InChI is InChI=1S/C27H32N2O4/c30-25(24-22(6-11-32-24)18-33-23-4-2-1-3-5-23)28-7-9-29(10-8-28)26(31)27-15-19-12-20(16-27)14-21(13-19)17-27/h1-6,11,19-21H,7-10,12-18H2. The van der Waals surface area contributed by atoms with Crippen molar-refractivity contribution in [2.45, 2.75) is 45.1 Å². The first kappa shape index (κ1) is 20.8. The number of hydrogen-bond donors (Lipinski definition) is 0. The summed E-state index contributed by atoms with van der Waals surface area (Å²) in [6, 6.07) is 11.3. The zero-order valence-electron chi connectivity index (χ0n) is 19.1. The third kappa shape index (κ3) is 3.83. The number of carbonyl (C=O) groups excluding carboxylic acids is 2. The van der Waals surface area contributed by atoms with Crippen molar-refractivity contribution in [3.8, 4) is 5.75 Å². The Hall–Kier alpha value is -2.76. The summed E-state index contributed by atoms with van der Waals surface area (Å²) in [5.41, 5.74) is 0.639. The van der Waals surface area contributed by atoms with Crippen LogP contribution in [0.3, 0.4) is 0 Å². The Kier molecular flexibility index (Phi) is 5.19. The van der Waals surface area contributed by atoms with Crippen LogP contribution in [0.15, 0.2) is 47.1 Å². The Labute approximate surface area is 194 Å². The minimum Gasteiger partial charge on any atom is -0.489 e. The van der Waals surface area contributed by atoms with E-state index in [4.69, 9.17) is 9.15 Å². The fraction of sp³-hybridized carbons (Fsp3) is 0.556. The monoisotopic (exact) mass is 448 g/mol. The molecule has 5 aliphatic rings. The maximum Gasteiger partial charge on any atom is 0.290 e. The molecule has 1 aromatic heterocycles. The molecule has 0 unspecified atom stereocenters. The summed E-state index contributed by atoms with van der Waals surface area (Å²) in [6.07, 6.45) is 8.84. The van der Waals surface area contributed by atoms with Crippen LogP contribution in [0.5, 0.6) is 5.75 Å². The van der Waals surface area contributed by atoms with Crippen LogP contribution in [-0.4, -0.2) is 47.8 Å². The van der Waals surface area contributed by atoms with Crippen LogP contribution in [0.2, 0.25) is 0 Å². The third-order valence-corrected chi connectivity index (χ3v) is 8.42. The number of piperazine rings is 1. The summed E-state index contributed by atoms with van der Waals surface area (Å²) in [4.78, 5) is 30.6.